The first-order valence-corrected chi connectivity index (χ1v) is 9.70. The Morgan fingerprint density at radius 1 is 0.931 bits per heavy atom. The fraction of sp³-hybridized carbons (Fsp3) is 0.333. The number of rotatable bonds is 5. The lowest BCUT2D eigenvalue weighted by Crippen LogP contribution is -2.74. The van der Waals surface area contributed by atoms with Gasteiger partial charge in [-0.25, -0.2) is 0 Å². The third-order valence-electron chi connectivity index (χ3n) is 5.80. The first kappa shape index (κ1) is 18.1. The maximum Gasteiger partial charge on any atom is 0.269 e. The first-order valence-electron chi connectivity index (χ1n) is 9.70. The van der Waals surface area contributed by atoms with E-state index in [1.54, 1.807) is 18.3 Å². The van der Waals surface area contributed by atoms with Gasteiger partial charge in [0.05, 0.1) is 42.3 Å². The molecule has 4 bridgehead atoms. The van der Waals surface area contributed by atoms with Crippen molar-refractivity contribution in [1.29, 1.82) is 0 Å². The lowest BCUT2D eigenvalue weighted by molar-refractivity contribution is -0.384. The summed E-state index contributed by atoms with van der Waals surface area (Å²) < 4.78 is 0. The summed E-state index contributed by atoms with van der Waals surface area (Å²) in [5.41, 5.74) is 2.90. The molecule has 0 N–H and O–H groups in total. The number of nitro benzene ring substituents is 1. The minimum absolute atomic E-state index is 0.0665. The van der Waals surface area contributed by atoms with Crippen molar-refractivity contribution in [2.75, 3.05) is 39.6 Å². The summed E-state index contributed by atoms with van der Waals surface area (Å²) in [6.07, 6.45) is 1.66. The second kappa shape index (κ2) is 7.14. The third-order valence-corrected chi connectivity index (χ3v) is 5.80. The van der Waals surface area contributed by atoms with Crippen molar-refractivity contribution in [1.82, 2.24) is 14.7 Å². The van der Waals surface area contributed by atoms with Gasteiger partial charge >= 0.3 is 0 Å². The van der Waals surface area contributed by atoms with Gasteiger partial charge in [-0.2, -0.15) is 10.2 Å². The van der Waals surface area contributed by atoms with Crippen molar-refractivity contribution in [2.24, 2.45) is 15.6 Å². The molecule has 4 aliphatic heterocycles. The Morgan fingerprint density at radius 2 is 1.52 bits per heavy atom. The Labute approximate surface area is 168 Å². The summed E-state index contributed by atoms with van der Waals surface area (Å²) in [7, 11) is 0. The minimum atomic E-state index is -0.403. The van der Waals surface area contributed by atoms with Gasteiger partial charge in [-0.05, 0) is 23.3 Å². The molecule has 0 radical (unpaired) electrons. The van der Waals surface area contributed by atoms with Crippen molar-refractivity contribution in [2.45, 2.75) is 0 Å². The van der Waals surface area contributed by atoms with Crippen molar-refractivity contribution in [3.8, 4) is 0 Å². The third kappa shape index (κ3) is 3.46. The van der Waals surface area contributed by atoms with E-state index in [9.17, 15) is 10.1 Å². The van der Waals surface area contributed by atoms with Gasteiger partial charge in [-0.15, -0.1) is 0 Å². The van der Waals surface area contributed by atoms with Crippen LogP contribution in [0, 0.1) is 15.5 Å². The van der Waals surface area contributed by atoms with Gasteiger partial charge < -0.3 is 0 Å². The van der Waals surface area contributed by atoms with E-state index in [4.69, 9.17) is 5.10 Å². The molecule has 0 atom stereocenters. The van der Waals surface area contributed by atoms with Crippen LogP contribution in [0.2, 0.25) is 0 Å². The van der Waals surface area contributed by atoms with Crippen molar-refractivity contribution in [3.63, 3.8) is 0 Å². The van der Waals surface area contributed by atoms with Crippen molar-refractivity contribution < 1.29 is 4.92 Å². The molecule has 0 saturated carbocycles. The van der Waals surface area contributed by atoms with Gasteiger partial charge in [-0.3, -0.25) is 24.8 Å². The van der Waals surface area contributed by atoms with E-state index in [0.717, 1.165) is 56.5 Å². The maximum absolute atomic E-state index is 10.8. The fourth-order valence-electron chi connectivity index (χ4n) is 4.84. The summed E-state index contributed by atoms with van der Waals surface area (Å²) in [6.45, 7) is 6.02. The van der Waals surface area contributed by atoms with E-state index in [1.165, 1.54) is 12.1 Å². The van der Waals surface area contributed by atoms with E-state index in [1.807, 2.05) is 18.2 Å². The molecule has 148 valence electrons. The van der Waals surface area contributed by atoms with Gasteiger partial charge in [0.25, 0.3) is 5.69 Å². The monoisotopic (exact) mass is 390 g/mol. The normalized spacial score (nSPS) is 30.8. The predicted molar refractivity (Wildman–Crippen MR) is 111 cm³/mol. The van der Waals surface area contributed by atoms with Crippen LogP contribution >= 0.6 is 0 Å². The second-order valence-electron chi connectivity index (χ2n) is 8.10. The fourth-order valence-corrected chi connectivity index (χ4v) is 4.84. The Balaban J connectivity index is 1.47. The molecule has 8 heteroatoms. The Morgan fingerprint density at radius 3 is 2.07 bits per heavy atom. The summed E-state index contributed by atoms with van der Waals surface area (Å²) in [4.78, 5) is 17.8. The molecule has 4 aliphatic rings. The highest BCUT2D eigenvalue weighted by atomic mass is 16.6. The quantitative estimate of drug-likeness (QED) is 0.444. The van der Waals surface area contributed by atoms with Crippen LogP contribution < -0.4 is 0 Å². The molecular weight excluding hydrogens is 368 g/mol. The number of nitro groups is 1. The average Bonchev–Trinajstić information content (AvgIpc) is 2.71. The number of nitrogens with zero attached hydrogens (tertiary/aromatic N) is 6. The zero-order valence-corrected chi connectivity index (χ0v) is 16.0. The standard InChI is InChI=1S/C21H22N6O2/c28-27(29)19-8-6-17(7-9-19)10-22-23-20(18-4-2-1-3-5-18)21-11-24-14-25(12-21)16-26(13-21)15-24/h1-10H,11-16H2/b22-10-,23-20?. The molecule has 2 aromatic rings. The van der Waals surface area contributed by atoms with Crippen LogP contribution in [0.4, 0.5) is 5.69 Å². The highest BCUT2D eigenvalue weighted by Crippen LogP contribution is 2.38. The molecule has 0 unspecified atom stereocenters. The van der Waals surface area contributed by atoms with Gasteiger partial charge in [0, 0.05) is 31.8 Å². The number of hydrogen-bond acceptors (Lipinski definition) is 7. The van der Waals surface area contributed by atoms with E-state index in [2.05, 4.69) is 31.9 Å². The van der Waals surface area contributed by atoms with Crippen LogP contribution in [-0.2, 0) is 0 Å². The van der Waals surface area contributed by atoms with Crippen LogP contribution in [0.3, 0.4) is 0 Å². The van der Waals surface area contributed by atoms with Gasteiger partial charge in [0.2, 0.25) is 0 Å². The van der Waals surface area contributed by atoms with E-state index < -0.39 is 4.92 Å². The summed E-state index contributed by atoms with van der Waals surface area (Å²) >= 11 is 0. The smallest absolute Gasteiger partial charge is 0.269 e. The van der Waals surface area contributed by atoms with Crippen LogP contribution in [-0.4, -0.2) is 71.2 Å². The number of non-ortho nitro benzene ring substituents is 1. The molecule has 29 heavy (non-hydrogen) atoms. The molecule has 8 nitrogen and oxygen atoms in total. The SMILES string of the molecule is O=[N+]([O-])c1ccc(/C=N\N=C(c2ccccc2)C23CN4CN(CN(C4)C2)C3)cc1. The molecule has 0 aliphatic carbocycles. The van der Waals surface area contributed by atoms with E-state index >= 15 is 0 Å². The summed E-state index contributed by atoms with van der Waals surface area (Å²) in [6, 6.07) is 16.6. The topological polar surface area (TPSA) is 77.6 Å². The average molecular weight is 390 g/mol. The van der Waals surface area contributed by atoms with Gasteiger partial charge in [0.15, 0.2) is 0 Å². The molecule has 4 fully saturated rings. The molecule has 2 aromatic carbocycles. The van der Waals surface area contributed by atoms with Crippen LogP contribution in [0.5, 0.6) is 0 Å². The lowest BCUT2D eigenvalue weighted by Gasteiger charge is -2.60. The maximum atomic E-state index is 10.8. The second-order valence-corrected chi connectivity index (χ2v) is 8.10. The molecule has 4 saturated heterocycles. The van der Waals surface area contributed by atoms with Crippen LogP contribution in [0.15, 0.2) is 64.8 Å². The Bertz CT molecular complexity index is 935. The highest BCUT2D eigenvalue weighted by molar-refractivity contribution is 6.05. The van der Waals surface area contributed by atoms with Crippen molar-refractivity contribution >= 4 is 17.6 Å². The Hall–Kier alpha value is -2.94. The van der Waals surface area contributed by atoms with Crippen LogP contribution in [0.1, 0.15) is 11.1 Å². The Kier molecular flexibility index (Phi) is 4.46. The first-order chi connectivity index (χ1) is 14.1. The molecule has 0 amide bonds. The van der Waals surface area contributed by atoms with E-state index in [0.29, 0.717) is 0 Å². The van der Waals surface area contributed by atoms with E-state index in [-0.39, 0.29) is 11.1 Å². The highest BCUT2D eigenvalue weighted by Gasteiger charge is 2.51. The van der Waals surface area contributed by atoms with Crippen LogP contribution in [0.25, 0.3) is 0 Å². The van der Waals surface area contributed by atoms with Crippen molar-refractivity contribution in [3.05, 3.63) is 75.8 Å². The van der Waals surface area contributed by atoms with Gasteiger partial charge in [-0.1, -0.05) is 30.3 Å². The zero-order chi connectivity index (χ0) is 19.8. The zero-order valence-electron chi connectivity index (χ0n) is 16.0. The summed E-state index contributed by atoms with van der Waals surface area (Å²) in [5.74, 6) is 0. The minimum Gasteiger partial charge on any atom is -0.276 e. The predicted octanol–water partition coefficient (Wildman–Crippen LogP) is 2.22. The molecular formula is C21H22N6O2. The summed E-state index contributed by atoms with van der Waals surface area (Å²) in [5, 5.41) is 19.9. The number of benzene rings is 2. The molecule has 6 rings (SSSR count). The lowest BCUT2D eigenvalue weighted by atomic mass is 9.74. The largest absolute Gasteiger partial charge is 0.276 e. The molecule has 0 aromatic heterocycles. The molecule has 4 heterocycles. The number of hydrogen-bond donors (Lipinski definition) is 0. The van der Waals surface area contributed by atoms with Gasteiger partial charge in [0.1, 0.15) is 0 Å². The molecule has 0 spiro atoms.